The Kier molecular flexibility index (Phi) is 11.0. The van der Waals surface area contributed by atoms with Crippen LogP contribution in [0.2, 0.25) is 0 Å². The number of anilines is 3. The number of carbonyl (C=O) groups excluding carboxylic acids is 2. The number of pyridine rings is 2. The van der Waals surface area contributed by atoms with Gasteiger partial charge in [0.2, 0.25) is 0 Å². The third-order valence-electron chi connectivity index (χ3n) is 5.24. The lowest BCUT2D eigenvalue weighted by Gasteiger charge is -2.27. The molecular weight excluding hydrogens is 578 g/mol. The maximum Gasteiger partial charge on any atom is 0.418 e. The van der Waals surface area contributed by atoms with Crippen LogP contribution in [0.5, 0.6) is 0 Å². The molecule has 0 radical (unpaired) electrons. The number of nitrogen functional groups attached to an aromatic ring is 1. The van der Waals surface area contributed by atoms with E-state index in [0.717, 1.165) is 14.2 Å². The summed E-state index contributed by atoms with van der Waals surface area (Å²) in [5.74, 6) is -0.570. The summed E-state index contributed by atoms with van der Waals surface area (Å²) in [4.78, 5) is 32.2. The minimum atomic E-state index is -4.68. The Morgan fingerprint density at radius 1 is 0.810 bits per heavy atom. The van der Waals surface area contributed by atoms with E-state index in [-0.39, 0.29) is 34.1 Å². The Labute approximate surface area is 236 Å². The third-order valence-corrected chi connectivity index (χ3v) is 5.24. The number of methoxy groups -OCH3 is 2. The zero-order valence-electron chi connectivity index (χ0n) is 23.9. The number of amides is 2. The van der Waals surface area contributed by atoms with Crippen LogP contribution < -0.4 is 16.4 Å². The van der Waals surface area contributed by atoms with Crippen molar-refractivity contribution in [3.8, 4) is 0 Å². The number of rotatable bonds is 3. The Morgan fingerprint density at radius 2 is 1.19 bits per heavy atom. The van der Waals surface area contributed by atoms with Gasteiger partial charge in [0.15, 0.2) is 5.82 Å². The molecule has 12 nitrogen and oxygen atoms in total. The minimum Gasteiger partial charge on any atom is -0.453 e. The maximum absolute atomic E-state index is 13.2. The largest absolute Gasteiger partial charge is 0.453 e. The number of hydrogen-bond acceptors (Lipinski definition) is 8. The number of aromatic nitrogens is 2. The highest BCUT2D eigenvalue weighted by Crippen LogP contribution is 2.45. The smallest absolute Gasteiger partial charge is 0.418 e. The van der Waals surface area contributed by atoms with Crippen molar-refractivity contribution in [3.63, 3.8) is 0 Å². The molecule has 42 heavy (non-hydrogen) atoms. The SMILES string of the molecule is COC(=O)Nc1c(N)ncc(C(F)(F)F)c1C(C)(C)C.COC(=O)Nc1c(N=[N+]=[N-])ncc(C(F)(F)F)c1C(C)(C)C. The molecule has 18 heteroatoms. The Hall–Kier alpha value is -4.47. The van der Waals surface area contributed by atoms with Gasteiger partial charge in [-0.05, 0) is 32.6 Å². The average molecular weight is 609 g/mol. The van der Waals surface area contributed by atoms with Gasteiger partial charge in [0.1, 0.15) is 5.82 Å². The number of ether oxygens (including phenoxy) is 2. The minimum absolute atomic E-state index is 0.136. The van der Waals surface area contributed by atoms with Gasteiger partial charge >= 0.3 is 24.5 Å². The fourth-order valence-electron chi connectivity index (χ4n) is 3.68. The van der Waals surface area contributed by atoms with Gasteiger partial charge in [-0.2, -0.15) is 26.3 Å². The van der Waals surface area contributed by atoms with E-state index < -0.39 is 46.5 Å². The Balaban J connectivity index is 0.000000422. The third kappa shape index (κ3) is 9.02. The molecule has 2 aromatic rings. The molecule has 0 fully saturated rings. The molecule has 0 saturated carbocycles. The normalized spacial score (nSPS) is 11.9. The van der Waals surface area contributed by atoms with Crippen LogP contribution in [0, 0.1) is 0 Å². The molecule has 2 aromatic heterocycles. The maximum atomic E-state index is 13.2. The molecule has 2 rings (SSSR count). The van der Waals surface area contributed by atoms with Crippen LogP contribution in [0.4, 0.5) is 58.9 Å². The van der Waals surface area contributed by atoms with Gasteiger partial charge in [-0.25, -0.2) is 14.6 Å². The van der Waals surface area contributed by atoms with Gasteiger partial charge in [-0.1, -0.05) is 41.5 Å². The van der Waals surface area contributed by atoms with E-state index in [1.54, 1.807) is 20.8 Å². The van der Waals surface area contributed by atoms with E-state index in [1.165, 1.54) is 20.8 Å². The van der Waals surface area contributed by atoms with Gasteiger partial charge in [0, 0.05) is 17.3 Å². The van der Waals surface area contributed by atoms with E-state index in [4.69, 9.17) is 11.3 Å². The molecule has 0 spiro atoms. The highest BCUT2D eigenvalue weighted by atomic mass is 19.4. The molecule has 0 aliphatic rings. The van der Waals surface area contributed by atoms with Crippen molar-refractivity contribution in [2.75, 3.05) is 30.6 Å². The van der Waals surface area contributed by atoms with Gasteiger partial charge < -0.3 is 15.2 Å². The van der Waals surface area contributed by atoms with Crippen molar-refractivity contribution in [2.24, 2.45) is 5.11 Å². The van der Waals surface area contributed by atoms with Gasteiger partial charge in [-0.3, -0.25) is 15.6 Å². The first-order chi connectivity index (χ1) is 19.0. The number of hydrogen-bond donors (Lipinski definition) is 3. The van der Waals surface area contributed by atoms with Gasteiger partial charge in [0.05, 0.1) is 36.7 Å². The molecule has 0 unspecified atom stereocenters. The summed E-state index contributed by atoms with van der Waals surface area (Å²) in [5.41, 5.74) is 9.32. The molecule has 2 amide bonds. The van der Waals surface area contributed by atoms with Crippen molar-refractivity contribution < 1.29 is 45.4 Å². The van der Waals surface area contributed by atoms with Crippen LogP contribution in [0.25, 0.3) is 10.4 Å². The Bertz CT molecular complexity index is 1360. The van der Waals surface area contributed by atoms with Crippen molar-refractivity contribution in [3.05, 3.63) is 45.1 Å². The molecule has 0 aliphatic heterocycles. The van der Waals surface area contributed by atoms with E-state index in [1.807, 2.05) is 0 Å². The van der Waals surface area contributed by atoms with Gasteiger partial charge in [-0.15, -0.1) is 0 Å². The van der Waals surface area contributed by atoms with Crippen molar-refractivity contribution >= 4 is 35.2 Å². The zero-order valence-corrected chi connectivity index (χ0v) is 23.9. The average Bonchev–Trinajstić information content (AvgIpc) is 2.83. The first-order valence-electron chi connectivity index (χ1n) is 11.7. The highest BCUT2D eigenvalue weighted by molar-refractivity contribution is 5.91. The summed E-state index contributed by atoms with van der Waals surface area (Å²) in [5, 5.41) is 7.57. The molecule has 0 atom stereocenters. The summed E-state index contributed by atoms with van der Waals surface area (Å²) in [7, 11) is 2.16. The molecule has 4 N–H and O–H groups in total. The zero-order chi connectivity index (χ0) is 32.8. The fourth-order valence-corrected chi connectivity index (χ4v) is 3.68. The molecule has 2 heterocycles. The first kappa shape index (κ1) is 35.6. The van der Waals surface area contributed by atoms with E-state index >= 15 is 0 Å². The predicted molar refractivity (Wildman–Crippen MR) is 141 cm³/mol. The number of nitrogens with two attached hydrogens (primary N) is 1. The van der Waals surface area contributed by atoms with Crippen molar-refractivity contribution in [1.29, 1.82) is 0 Å². The van der Waals surface area contributed by atoms with Crippen LogP contribution in [0.1, 0.15) is 63.8 Å². The molecule has 0 aromatic carbocycles. The number of halogens is 6. The molecule has 232 valence electrons. The van der Waals surface area contributed by atoms with Crippen molar-refractivity contribution in [2.45, 2.75) is 64.7 Å². The van der Waals surface area contributed by atoms with E-state index in [0.29, 0.717) is 12.4 Å². The molecule has 0 saturated heterocycles. The van der Waals surface area contributed by atoms with E-state index in [2.05, 4.69) is 40.1 Å². The predicted octanol–water partition coefficient (Wildman–Crippen LogP) is 7.68. The molecule has 0 aliphatic carbocycles. The van der Waals surface area contributed by atoms with E-state index in [9.17, 15) is 35.9 Å². The summed E-state index contributed by atoms with van der Waals surface area (Å²) in [6, 6.07) is 0. The second-order valence-corrected chi connectivity index (χ2v) is 10.5. The van der Waals surface area contributed by atoms with Gasteiger partial charge in [0.25, 0.3) is 0 Å². The van der Waals surface area contributed by atoms with Crippen molar-refractivity contribution in [1.82, 2.24) is 9.97 Å². The summed E-state index contributed by atoms with van der Waals surface area (Å²) >= 11 is 0. The highest BCUT2D eigenvalue weighted by Gasteiger charge is 2.40. The number of alkyl halides is 6. The standard InChI is InChI=1S/C12H14F3N5O2.C12H16F3N3O2/c1-11(2,3)7-6(12(13,14)15)5-17-9(19-20-16)8(7)18-10(21)22-4;1-11(2,3)7-6(12(13,14)15)5-17-9(16)8(7)18-10(19)20-4/h5H,1-4H3,(H,18,21);5H,1-4H3,(H2,16,17)(H,18,19). The topological polar surface area (TPSA) is 177 Å². The van der Waals surface area contributed by atoms with Crippen LogP contribution >= 0.6 is 0 Å². The second kappa shape index (κ2) is 13.0. The lowest BCUT2D eigenvalue weighted by molar-refractivity contribution is -0.139. The Morgan fingerprint density at radius 3 is 1.55 bits per heavy atom. The van der Waals surface area contributed by atoms with Crippen LogP contribution in [-0.2, 0) is 32.7 Å². The lowest BCUT2D eigenvalue weighted by atomic mass is 9.83. The van der Waals surface area contributed by atoms with Crippen LogP contribution in [0.15, 0.2) is 17.5 Å². The molecule has 0 bridgehead atoms. The fraction of sp³-hybridized carbons (Fsp3) is 0.500. The monoisotopic (exact) mass is 608 g/mol. The summed E-state index contributed by atoms with van der Waals surface area (Å²) in [6.07, 6.45) is -9.96. The first-order valence-corrected chi connectivity index (χ1v) is 11.7. The second-order valence-electron chi connectivity index (χ2n) is 10.5. The van der Waals surface area contributed by atoms with Crippen LogP contribution in [-0.4, -0.2) is 36.4 Å². The van der Waals surface area contributed by atoms with Crippen LogP contribution in [0.3, 0.4) is 0 Å². The number of nitrogens with one attached hydrogen (secondary N) is 2. The number of nitrogens with zero attached hydrogens (tertiary/aromatic N) is 5. The lowest BCUT2D eigenvalue weighted by Crippen LogP contribution is -2.25. The summed E-state index contributed by atoms with van der Waals surface area (Å²) in [6.45, 7) is 9.33. The quantitative estimate of drug-likeness (QED) is 0.138. The number of azide groups is 1. The summed E-state index contributed by atoms with van der Waals surface area (Å²) < 4.78 is 87.7. The molecular formula is C24H30F6N8O4. The number of carbonyl (C=O) groups is 2.